The van der Waals surface area contributed by atoms with Crippen molar-refractivity contribution in [3.63, 3.8) is 0 Å². The molecule has 0 saturated carbocycles. The number of benzene rings is 1. The molecule has 1 heterocycles. The lowest BCUT2D eigenvalue weighted by molar-refractivity contribution is 0.0525. The first-order valence-electron chi connectivity index (χ1n) is 6.56. The maximum Gasteiger partial charge on any atom is 0.342 e. The molecule has 0 spiro atoms. The van der Waals surface area contributed by atoms with Crippen molar-refractivity contribution in [1.29, 1.82) is 0 Å². The minimum absolute atomic E-state index is 0.00721. The van der Waals surface area contributed by atoms with Gasteiger partial charge in [-0.25, -0.2) is 14.8 Å². The molecule has 1 aromatic heterocycles. The van der Waals surface area contributed by atoms with E-state index in [0.717, 1.165) is 0 Å². The highest BCUT2D eigenvalue weighted by Crippen LogP contribution is 2.27. The van der Waals surface area contributed by atoms with E-state index in [4.69, 9.17) is 9.29 Å². The average molecular weight is 338 g/mol. The van der Waals surface area contributed by atoms with Crippen LogP contribution in [0.3, 0.4) is 0 Å². The Morgan fingerprint density at radius 1 is 1.22 bits per heavy atom. The van der Waals surface area contributed by atoms with Gasteiger partial charge in [0.1, 0.15) is 11.3 Å². The van der Waals surface area contributed by atoms with Gasteiger partial charge in [-0.1, -0.05) is 0 Å². The topological polar surface area (TPSA) is 127 Å². The summed E-state index contributed by atoms with van der Waals surface area (Å²) < 4.78 is 36.7. The minimum atomic E-state index is -4.64. The molecule has 0 fully saturated rings. The van der Waals surface area contributed by atoms with Crippen LogP contribution in [0.15, 0.2) is 29.4 Å². The first-order valence-corrected chi connectivity index (χ1v) is 8.00. The second-order valence-electron chi connectivity index (χ2n) is 4.56. The molecule has 1 aromatic carbocycles. The number of carbonyl (C=O) groups excluding carboxylic acids is 1. The van der Waals surface area contributed by atoms with Crippen LogP contribution in [0.1, 0.15) is 23.0 Å². The fraction of sp³-hybridized carbons (Fsp3) is 0.214. The maximum atomic E-state index is 12.1. The molecule has 0 amide bonds. The number of aromatic nitrogens is 2. The second-order valence-corrected chi connectivity index (χ2v) is 5.87. The molecular formula is C14H14N2O6S. The summed E-state index contributed by atoms with van der Waals surface area (Å²) in [5, 5.41) is 8.53. The average Bonchev–Trinajstić information content (AvgIpc) is 2.46. The van der Waals surface area contributed by atoms with Crippen molar-refractivity contribution >= 4 is 16.1 Å². The van der Waals surface area contributed by atoms with Crippen LogP contribution in [0.2, 0.25) is 0 Å². The van der Waals surface area contributed by atoms with Crippen LogP contribution in [-0.4, -0.2) is 40.6 Å². The highest BCUT2D eigenvalue weighted by molar-refractivity contribution is 7.85. The van der Waals surface area contributed by atoms with Gasteiger partial charge >= 0.3 is 16.1 Å². The number of rotatable bonds is 4. The van der Waals surface area contributed by atoms with E-state index in [9.17, 15) is 18.3 Å². The lowest BCUT2D eigenvalue weighted by atomic mass is 10.0. The Morgan fingerprint density at radius 2 is 1.83 bits per heavy atom. The number of phenolic OH excluding ortho intramolecular Hbond substituents is 1. The van der Waals surface area contributed by atoms with Crippen LogP contribution in [0.5, 0.6) is 5.75 Å². The standard InChI is InChI=1S/C14H14N2O6S/c1-3-22-13(18)11-8(2)15-14(23(19,20)21)16-12(11)9-4-6-10(17)7-5-9/h4-7,17H,3H2,1-2H3,(H,19,20,21). The Labute approximate surface area is 132 Å². The van der Waals surface area contributed by atoms with Crippen LogP contribution in [-0.2, 0) is 14.9 Å². The van der Waals surface area contributed by atoms with Gasteiger partial charge in [-0.2, -0.15) is 8.42 Å². The summed E-state index contributed by atoms with van der Waals surface area (Å²) >= 11 is 0. The Balaban J connectivity index is 2.75. The molecule has 2 rings (SSSR count). The first kappa shape index (κ1) is 16.8. The monoisotopic (exact) mass is 338 g/mol. The molecule has 2 N–H and O–H groups in total. The quantitative estimate of drug-likeness (QED) is 0.489. The normalized spacial score (nSPS) is 11.3. The predicted octanol–water partition coefficient (Wildman–Crippen LogP) is 1.58. The number of hydrogen-bond donors (Lipinski definition) is 2. The summed E-state index contributed by atoms with van der Waals surface area (Å²) in [5.74, 6) is -0.720. The van der Waals surface area contributed by atoms with Gasteiger partial charge in [0, 0.05) is 5.56 Å². The number of carbonyl (C=O) groups is 1. The molecule has 23 heavy (non-hydrogen) atoms. The number of nitrogens with zero attached hydrogens (tertiary/aromatic N) is 2. The zero-order chi connectivity index (χ0) is 17.2. The van der Waals surface area contributed by atoms with Gasteiger partial charge in [0.25, 0.3) is 5.16 Å². The van der Waals surface area contributed by atoms with Gasteiger partial charge in [0.15, 0.2) is 0 Å². The molecule has 0 bridgehead atoms. The van der Waals surface area contributed by atoms with Crippen molar-refractivity contribution in [2.45, 2.75) is 19.0 Å². The number of aryl methyl sites for hydroxylation is 1. The minimum Gasteiger partial charge on any atom is -0.508 e. The number of hydrogen-bond acceptors (Lipinski definition) is 7. The smallest absolute Gasteiger partial charge is 0.342 e. The fourth-order valence-corrected chi connectivity index (χ4v) is 2.40. The SMILES string of the molecule is CCOC(=O)c1c(C)nc(S(=O)(=O)O)nc1-c1ccc(O)cc1. The zero-order valence-electron chi connectivity index (χ0n) is 12.3. The lowest BCUT2D eigenvalue weighted by Crippen LogP contribution is -2.15. The van der Waals surface area contributed by atoms with Crippen LogP contribution < -0.4 is 0 Å². The van der Waals surface area contributed by atoms with E-state index < -0.39 is 21.2 Å². The van der Waals surface area contributed by atoms with Crippen molar-refractivity contribution in [3.05, 3.63) is 35.5 Å². The summed E-state index contributed by atoms with van der Waals surface area (Å²) in [6.07, 6.45) is 0. The molecule has 0 aliphatic heterocycles. The van der Waals surface area contributed by atoms with E-state index in [-0.39, 0.29) is 29.3 Å². The second kappa shape index (κ2) is 6.31. The Kier molecular flexibility index (Phi) is 4.62. The molecule has 0 aliphatic carbocycles. The van der Waals surface area contributed by atoms with Crippen molar-refractivity contribution in [2.24, 2.45) is 0 Å². The Morgan fingerprint density at radius 3 is 2.35 bits per heavy atom. The van der Waals surface area contributed by atoms with Crippen LogP contribution >= 0.6 is 0 Å². The van der Waals surface area contributed by atoms with Crippen molar-refractivity contribution < 1.29 is 27.6 Å². The van der Waals surface area contributed by atoms with E-state index in [1.54, 1.807) is 6.92 Å². The predicted molar refractivity (Wildman–Crippen MR) is 79.6 cm³/mol. The highest BCUT2D eigenvalue weighted by Gasteiger charge is 2.25. The summed E-state index contributed by atoms with van der Waals surface area (Å²) in [4.78, 5) is 19.6. The molecule has 9 heteroatoms. The summed E-state index contributed by atoms with van der Waals surface area (Å²) in [5.41, 5.74) is 0.393. The third-order valence-corrected chi connectivity index (χ3v) is 3.56. The van der Waals surface area contributed by atoms with Crippen LogP contribution in [0.25, 0.3) is 11.3 Å². The van der Waals surface area contributed by atoms with Gasteiger partial charge < -0.3 is 9.84 Å². The number of phenols is 1. The first-order chi connectivity index (χ1) is 10.7. The fourth-order valence-electron chi connectivity index (χ4n) is 1.94. The van der Waals surface area contributed by atoms with Gasteiger partial charge in [0.05, 0.1) is 18.0 Å². The van der Waals surface area contributed by atoms with Crippen LogP contribution in [0.4, 0.5) is 0 Å². The molecular weight excluding hydrogens is 324 g/mol. The number of aromatic hydroxyl groups is 1. The van der Waals surface area contributed by atoms with Gasteiger partial charge in [-0.15, -0.1) is 0 Å². The number of esters is 1. The molecule has 0 unspecified atom stereocenters. The van der Waals surface area contributed by atoms with E-state index in [1.807, 2.05) is 0 Å². The van der Waals surface area contributed by atoms with Gasteiger partial charge in [-0.05, 0) is 38.1 Å². The van der Waals surface area contributed by atoms with Crippen molar-refractivity contribution in [2.75, 3.05) is 6.61 Å². The molecule has 122 valence electrons. The van der Waals surface area contributed by atoms with Crippen molar-refractivity contribution in [1.82, 2.24) is 9.97 Å². The third kappa shape index (κ3) is 3.63. The van der Waals surface area contributed by atoms with E-state index in [0.29, 0.717) is 5.56 Å². The van der Waals surface area contributed by atoms with Gasteiger partial charge in [0.2, 0.25) is 0 Å². The number of ether oxygens (including phenoxy) is 1. The zero-order valence-corrected chi connectivity index (χ0v) is 13.2. The van der Waals surface area contributed by atoms with E-state index >= 15 is 0 Å². The third-order valence-electron chi connectivity index (χ3n) is 2.92. The summed E-state index contributed by atoms with van der Waals surface area (Å²) in [6, 6.07) is 5.62. The molecule has 0 atom stereocenters. The molecule has 2 aromatic rings. The van der Waals surface area contributed by atoms with E-state index in [2.05, 4.69) is 9.97 Å². The molecule has 0 aliphatic rings. The summed E-state index contributed by atoms with van der Waals surface area (Å²) in [7, 11) is -4.64. The van der Waals surface area contributed by atoms with Crippen molar-refractivity contribution in [3.8, 4) is 17.0 Å². The highest BCUT2D eigenvalue weighted by atomic mass is 32.2. The Bertz CT molecular complexity index is 846. The van der Waals surface area contributed by atoms with E-state index in [1.165, 1.54) is 31.2 Å². The maximum absolute atomic E-state index is 12.1. The van der Waals surface area contributed by atoms with Crippen LogP contribution in [0, 0.1) is 6.92 Å². The summed E-state index contributed by atoms with van der Waals surface area (Å²) in [6.45, 7) is 3.15. The van der Waals surface area contributed by atoms with Gasteiger partial charge in [-0.3, -0.25) is 4.55 Å². The molecule has 8 nitrogen and oxygen atoms in total. The molecule has 0 saturated heterocycles. The Hall–Kier alpha value is -2.52. The largest absolute Gasteiger partial charge is 0.508 e. The molecule has 0 radical (unpaired) electrons. The lowest BCUT2D eigenvalue weighted by Gasteiger charge is -2.12.